The van der Waals surface area contributed by atoms with Crippen molar-refractivity contribution in [3.05, 3.63) is 71.8 Å². The van der Waals surface area contributed by atoms with Gasteiger partial charge in [0.1, 0.15) is 0 Å². The van der Waals surface area contributed by atoms with Crippen molar-refractivity contribution in [2.24, 2.45) is 10.9 Å². The number of hydrogen-bond donors (Lipinski definition) is 1. The molecule has 6 heteroatoms. The zero-order valence-electron chi connectivity index (χ0n) is 17.8. The second-order valence-corrected chi connectivity index (χ2v) is 7.38. The summed E-state index contributed by atoms with van der Waals surface area (Å²) in [6, 6.07) is 20.6. The Labute approximate surface area is 197 Å². The van der Waals surface area contributed by atoms with Crippen molar-refractivity contribution < 1.29 is 9.47 Å². The van der Waals surface area contributed by atoms with Crippen molar-refractivity contribution in [2.45, 2.75) is 26.6 Å². The number of guanidine groups is 1. The highest BCUT2D eigenvalue weighted by atomic mass is 127. The van der Waals surface area contributed by atoms with E-state index in [4.69, 9.17) is 14.5 Å². The minimum absolute atomic E-state index is 0. The molecule has 0 amide bonds. The third-order valence-electron chi connectivity index (χ3n) is 4.99. The first-order valence-electron chi connectivity index (χ1n) is 10.6. The molecule has 2 aromatic carbocycles. The zero-order chi connectivity index (χ0) is 20.2. The van der Waals surface area contributed by atoms with Crippen LogP contribution < -0.4 is 5.32 Å². The number of nitrogens with zero attached hydrogens (tertiary/aromatic N) is 2. The molecule has 1 unspecified atom stereocenters. The smallest absolute Gasteiger partial charge is 0.194 e. The Kier molecular flexibility index (Phi) is 11.8. The van der Waals surface area contributed by atoms with Gasteiger partial charge in [-0.2, -0.15) is 0 Å². The highest BCUT2D eigenvalue weighted by Crippen LogP contribution is 2.17. The first kappa shape index (κ1) is 24.6. The Bertz CT molecular complexity index is 728. The van der Waals surface area contributed by atoms with Crippen molar-refractivity contribution in [3.8, 4) is 0 Å². The molecular weight excluding hydrogens is 489 g/mol. The molecule has 1 aliphatic rings. The van der Waals surface area contributed by atoms with E-state index in [1.54, 1.807) is 0 Å². The Morgan fingerprint density at radius 3 is 2.27 bits per heavy atom. The van der Waals surface area contributed by atoms with E-state index in [1.807, 2.05) is 24.3 Å². The summed E-state index contributed by atoms with van der Waals surface area (Å²) >= 11 is 0. The van der Waals surface area contributed by atoms with Crippen LogP contribution in [0.2, 0.25) is 0 Å². The molecule has 3 rings (SSSR count). The van der Waals surface area contributed by atoms with E-state index in [0.29, 0.717) is 32.3 Å². The van der Waals surface area contributed by atoms with Gasteiger partial charge in [0.2, 0.25) is 0 Å². The van der Waals surface area contributed by atoms with Crippen molar-refractivity contribution in [3.63, 3.8) is 0 Å². The quantitative estimate of drug-likeness (QED) is 0.218. The van der Waals surface area contributed by atoms with Crippen molar-refractivity contribution in [1.82, 2.24) is 10.2 Å². The molecule has 2 aromatic rings. The lowest BCUT2D eigenvalue weighted by Crippen LogP contribution is -2.40. The van der Waals surface area contributed by atoms with Crippen LogP contribution in [0.4, 0.5) is 0 Å². The topological polar surface area (TPSA) is 46.1 Å². The minimum Gasteiger partial charge on any atom is -0.376 e. The van der Waals surface area contributed by atoms with Crippen molar-refractivity contribution in [2.75, 3.05) is 39.4 Å². The Hall–Kier alpha value is -1.64. The van der Waals surface area contributed by atoms with E-state index in [2.05, 4.69) is 53.5 Å². The molecule has 5 nitrogen and oxygen atoms in total. The average Bonchev–Trinajstić information content (AvgIpc) is 3.23. The van der Waals surface area contributed by atoms with Crippen LogP contribution >= 0.6 is 24.0 Å². The highest BCUT2D eigenvalue weighted by Gasteiger charge is 2.24. The van der Waals surface area contributed by atoms with Gasteiger partial charge in [0.25, 0.3) is 0 Å². The minimum atomic E-state index is 0. The zero-order valence-corrected chi connectivity index (χ0v) is 20.2. The molecule has 1 heterocycles. The number of nitrogens with one attached hydrogen (secondary N) is 1. The van der Waals surface area contributed by atoms with Crippen molar-refractivity contribution >= 4 is 29.9 Å². The molecule has 0 aromatic heterocycles. The average molecular weight is 523 g/mol. The van der Waals surface area contributed by atoms with Crippen LogP contribution in [0.15, 0.2) is 65.7 Å². The molecule has 1 aliphatic heterocycles. The lowest BCUT2D eigenvalue weighted by Gasteiger charge is -2.21. The number of rotatable bonds is 10. The monoisotopic (exact) mass is 523 g/mol. The van der Waals surface area contributed by atoms with Gasteiger partial charge >= 0.3 is 0 Å². The van der Waals surface area contributed by atoms with E-state index in [1.165, 1.54) is 11.1 Å². The van der Waals surface area contributed by atoms with Crippen LogP contribution in [0.25, 0.3) is 0 Å². The lowest BCUT2D eigenvalue weighted by atomic mass is 10.1. The fourth-order valence-corrected chi connectivity index (χ4v) is 3.48. The van der Waals surface area contributed by atoms with Gasteiger partial charge in [-0.15, -0.1) is 24.0 Å². The number of halogens is 1. The molecule has 0 radical (unpaired) electrons. The molecule has 1 fully saturated rings. The van der Waals surface area contributed by atoms with Crippen LogP contribution in [-0.4, -0.2) is 50.3 Å². The SMILES string of the molecule is CCNC(=NCCOCc1ccccc1)N1CCC(COCc2ccccc2)C1.I. The number of ether oxygens (including phenoxy) is 2. The Morgan fingerprint density at radius 2 is 1.63 bits per heavy atom. The molecule has 0 spiro atoms. The van der Waals surface area contributed by atoms with Crippen LogP contribution in [-0.2, 0) is 22.7 Å². The fraction of sp³-hybridized carbons (Fsp3) is 0.458. The summed E-state index contributed by atoms with van der Waals surface area (Å²) in [6.07, 6.45) is 1.14. The largest absolute Gasteiger partial charge is 0.376 e. The predicted octanol–water partition coefficient (Wildman–Crippen LogP) is 4.33. The van der Waals surface area contributed by atoms with E-state index in [9.17, 15) is 0 Å². The molecule has 1 N–H and O–H groups in total. The summed E-state index contributed by atoms with van der Waals surface area (Å²) in [7, 11) is 0. The summed E-state index contributed by atoms with van der Waals surface area (Å²) in [5.74, 6) is 1.54. The maximum absolute atomic E-state index is 5.94. The summed E-state index contributed by atoms with van der Waals surface area (Å²) in [5, 5.41) is 3.42. The van der Waals surface area contributed by atoms with Gasteiger partial charge in [0, 0.05) is 25.6 Å². The Morgan fingerprint density at radius 1 is 1.00 bits per heavy atom. The summed E-state index contributed by atoms with van der Waals surface area (Å²) in [6.45, 7) is 8.41. The van der Waals surface area contributed by atoms with Gasteiger partial charge < -0.3 is 19.7 Å². The molecule has 1 atom stereocenters. The van der Waals surface area contributed by atoms with E-state index in [-0.39, 0.29) is 24.0 Å². The molecule has 1 saturated heterocycles. The van der Waals surface area contributed by atoms with Gasteiger partial charge in [-0.25, -0.2) is 0 Å². The number of likely N-dealkylation sites (tertiary alicyclic amines) is 1. The van der Waals surface area contributed by atoms with Gasteiger partial charge in [-0.05, 0) is 24.5 Å². The maximum Gasteiger partial charge on any atom is 0.194 e. The summed E-state index contributed by atoms with van der Waals surface area (Å²) in [5.41, 5.74) is 2.43. The molecule has 0 aliphatic carbocycles. The number of benzene rings is 2. The highest BCUT2D eigenvalue weighted by molar-refractivity contribution is 14.0. The van der Waals surface area contributed by atoms with Crippen LogP contribution in [0.3, 0.4) is 0 Å². The molecule has 0 bridgehead atoms. The maximum atomic E-state index is 5.94. The van der Waals surface area contributed by atoms with Gasteiger partial charge in [-0.3, -0.25) is 4.99 Å². The van der Waals surface area contributed by atoms with Gasteiger partial charge in [-0.1, -0.05) is 60.7 Å². The van der Waals surface area contributed by atoms with E-state index >= 15 is 0 Å². The normalized spacial score (nSPS) is 16.4. The molecule has 0 saturated carbocycles. The fourth-order valence-electron chi connectivity index (χ4n) is 3.48. The van der Waals surface area contributed by atoms with Crippen LogP contribution in [0.1, 0.15) is 24.5 Å². The molecule has 30 heavy (non-hydrogen) atoms. The van der Waals surface area contributed by atoms with Crippen molar-refractivity contribution in [1.29, 1.82) is 0 Å². The van der Waals surface area contributed by atoms with Gasteiger partial charge in [0.05, 0.1) is 33.0 Å². The third kappa shape index (κ3) is 8.62. The standard InChI is InChI=1S/C24H33N3O2.HI/c1-2-25-24(26-14-16-28-18-21-9-5-3-6-10-21)27-15-13-23(17-27)20-29-19-22-11-7-4-8-12-22;/h3-12,23H,2,13-20H2,1H3,(H,25,26);1H. The summed E-state index contributed by atoms with van der Waals surface area (Å²) < 4.78 is 11.7. The molecule has 164 valence electrons. The van der Waals surface area contributed by atoms with E-state index < -0.39 is 0 Å². The van der Waals surface area contributed by atoms with Gasteiger partial charge in [0.15, 0.2) is 5.96 Å². The predicted molar refractivity (Wildman–Crippen MR) is 133 cm³/mol. The first-order chi connectivity index (χ1) is 14.3. The van der Waals surface area contributed by atoms with E-state index in [0.717, 1.165) is 38.6 Å². The Balaban J connectivity index is 0.00000320. The number of aliphatic imine (C=N–C) groups is 1. The third-order valence-corrected chi connectivity index (χ3v) is 4.99. The summed E-state index contributed by atoms with van der Waals surface area (Å²) in [4.78, 5) is 7.10. The number of hydrogen-bond acceptors (Lipinski definition) is 3. The lowest BCUT2D eigenvalue weighted by molar-refractivity contribution is 0.0906. The molecular formula is C24H34IN3O2. The van der Waals surface area contributed by atoms with Crippen LogP contribution in [0, 0.1) is 5.92 Å². The van der Waals surface area contributed by atoms with Crippen LogP contribution in [0.5, 0.6) is 0 Å². The second-order valence-electron chi connectivity index (χ2n) is 7.38. The second kappa shape index (κ2) is 14.4. The first-order valence-corrected chi connectivity index (χ1v) is 10.6.